The third-order valence-corrected chi connectivity index (χ3v) is 4.82. The Labute approximate surface area is 142 Å². The lowest BCUT2D eigenvalue weighted by atomic mass is 9.60. The van der Waals surface area contributed by atoms with E-state index in [9.17, 15) is 14.7 Å². The van der Waals surface area contributed by atoms with Crippen molar-refractivity contribution in [1.82, 2.24) is 0 Å². The first kappa shape index (κ1) is 21.9. The molecule has 2 atom stereocenters. The molecule has 4 nitrogen and oxygen atoms in total. The van der Waals surface area contributed by atoms with Crippen LogP contribution in [-0.2, 0) is 14.3 Å². The summed E-state index contributed by atoms with van der Waals surface area (Å²) >= 11 is 0. The molecule has 0 aliphatic carbocycles. The molecule has 0 saturated heterocycles. The van der Waals surface area contributed by atoms with Crippen LogP contribution in [0.1, 0.15) is 87.0 Å². The monoisotopic (exact) mass is 328 g/mol. The van der Waals surface area contributed by atoms with Crippen molar-refractivity contribution in [3.63, 3.8) is 0 Å². The number of esters is 1. The minimum absolute atomic E-state index is 0.195. The van der Waals surface area contributed by atoms with Crippen LogP contribution in [-0.4, -0.2) is 23.1 Å². The van der Waals surface area contributed by atoms with Crippen LogP contribution < -0.4 is 0 Å². The molecule has 0 aromatic rings. The zero-order valence-corrected chi connectivity index (χ0v) is 16.1. The number of carboxylic acids is 1. The topological polar surface area (TPSA) is 63.6 Å². The first-order valence-electron chi connectivity index (χ1n) is 9.00. The number of aliphatic carboxylic acids is 1. The van der Waals surface area contributed by atoms with Crippen molar-refractivity contribution >= 4 is 11.9 Å². The lowest BCUT2D eigenvalue weighted by molar-refractivity contribution is -0.187. The summed E-state index contributed by atoms with van der Waals surface area (Å²) in [5.74, 6) is -2.02. The van der Waals surface area contributed by atoms with E-state index >= 15 is 0 Å². The highest BCUT2D eigenvalue weighted by atomic mass is 16.5. The minimum Gasteiger partial charge on any atom is -0.480 e. The Balaban J connectivity index is 5.20. The van der Waals surface area contributed by atoms with Crippen molar-refractivity contribution in [3.8, 4) is 0 Å². The predicted octanol–water partition coefficient (Wildman–Crippen LogP) is 5.05. The standard InChI is InChI=1S/C19H36O4/c1-8-10-11-12-13-15(9-2)23-17(22)19(14(3)4,16(20)21)18(5,6)7/h14-15H,8-13H2,1-7H3,(H,20,21). The maximum Gasteiger partial charge on any atom is 0.324 e. The average molecular weight is 328 g/mol. The van der Waals surface area contributed by atoms with Gasteiger partial charge in [0.25, 0.3) is 0 Å². The third-order valence-electron chi connectivity index (χ3n) is 4.82. The predicted molar refractivity (Wildman–Crippen MR) is 93.3 cm³/mol. The van der Waals surface area contributed by atoms with Gasteiger partial charge in [0.1, 0.15) is 6.10 Å². The molecule has 136 valence electrons. The van der Waals surface area contributed by atoms with Crippen molar-refractivity contribution in [2.75, 3.05) is 0 Å². The third kappa shape index (κ3) is 5.22. The molecule has 0 heterocycles. The molecular weight excluding hydrogens is 292 g/mol. The van der Waals surface area contributed by atoms with E-state index in [1.54, 1.807) is 34.6 Å². The minimum atomic E-state index is -1.52. The molecule has 1 N–H and O–H groups in total. The fourth-order valence-electron chi connectivity index (χ4n) is 3.45. The summed E-state index contributed by atoms with van der Waals surface area (Å²) in [4.78, 5) is 24.9. The maximum atomic E-state index is 12.8. The Kier molecular flexibility index (Phi) is 8.86. The lowest BCUT2D eigenvalue weighted by Crippen LogP contribution is -2.54. The maximum absolute atomic E-state index is 12.8. The molecule has 0 radical (unpaired) electrons. The highest BCUT2D eigenvalue weighted by molar-refractivity contribution is 6.00. The molecule has 0 bridgehead atoms. The van der Waals surface area contributed by atoms with Crippen LogP contribution in [0.4, 0.5) is 0 Å². The molecule has 0 spiro atoms. The molecular formula is C19H36O4. The summed E-state index contributed by atoms with van der Waals surface area (Å²) in [6, 6.07) is 0. The van der Waals surface area contributed by atoms with Crippen LogP contribution in [0.3, 0.4) is 0 Å². The molecule has 0 saturated carbocycles. The molecule has 2 unspecified atom stereocenters. The quantitative estimate of drug-likeness (QED) is 0.346. The second kappa shape index (κ2) is 9.29. The van der Waals surface area contributed by atoms with E-state index in [-0.39, 0.29) is 12.0 Å². The second-order valence-corrected chi connectivity index (χ2v) is 7.80. The summed E-state index contributed by atoms with van der Waals surface area (Å²) in [5.41, 5.74) is -2.24. The largest absolute Gasteiger partial charge is 0.480 e. The van der Waals surface area contributed by atoms with E-state index in [4.69, 9.17) is 4.74 Å². The van der Waals surface area contributed by atoms with Crippen molar-refractivity contribution in [2.24, 2.45) is 16.7 Å². The van der Waals surface area contributed by atoms with E-state index in [2.05, 4.69) is 6.92 Å². The van der Waals surface area contributed by atoms with Crippen LogP contribution in [0.15, 0.2) is 0 Å². The molecule has 0 rings (SSSR count). The van der Waals surface area contributed by atoms with Gasteiger partial charge < -0.3 is 9.84 Å². The van der Waals surface area contributed by atoms with Gasteiger partial charge in [0.15, 0.2) is 5.41 Å². The van der Waals surface area contributed by atoms with Gasteiger partial charge in [-0.15, -0.1) is 0 Å². The van der Waals surface area contributed by atoms with Gasteiger partial charge in [0.05, 0.1) is 0 Å². The van der Waals surface area contributed by atoms with Crippen LogP contribution in [0, 0.1) is 16.7 Å². The molecule has 0 aliphatic heterocycles. The van der Waals surface area contributed by atoms with E-state index in [0.717, 1.165) is 32.1 Å². The summed E-state index contributed by atoms with van der Waals surface area (Å²) < 4.78 is 5.67. The summed E-state index contributed by atoms with van der Waals surface area (Å²) in [7, 11) is 0. The number of hydrogen-bond donors (Lipinski definition) is 1. The second-order valence-electron chi connectivity index (χ2n) is 7.80. The first-order valence-corrected chi connectivity index (χ1v) is 9.00. The van der Waals surface area contributed by atoms with Crippen LogP contribution in [0.2, 0.25) is 0 Å². The number of hydrogen-bond acceptors (Lipinski definition) is 3. The van der Waals surface area contributed by atoms with E-state index in [1.807, 2.05) is 6.92 Å². The van der Waals surface area contributed by atoms with Gasteiger partial charge in [0.2, 0.25) is 0 Å². The fraction of sp³-hybridized carbons (Fsp3) is 0.895. The Morgan fingerprint density at radius 2 is 1.61 bits per heavy atom. The van der Waals surface area contributed by atoms with Crippen molar-refractivity contribution in [3.05, 3.63) is 0 Å². The van der Waals surface area contributed by atoms with Gasteiger partial charge in [-0.2, -0.15) is 0 Å². The van der Waals surface area contributed by atoms with Gasteiger partial charge in [-0.3, -0.25) is 9.59 Å². The zero-order chi connectivity index (χ0) is 18.3. The summed E-state index contributed by atoms with van der Waals surface area (Å²) in [6.07, 6.45) is 5.80. The molecule has 23 heavy (non-hydrogen) atoms. The normalized spacial score (nSPS) is 16.0. The SMILES string of the molecule is CCCCCCC(CC)OC(=O)C(C(=O)O)(C(C)C)C(C)(C)C. The number of rotatable bonds is 10. The zero-order valence-electron chi connectivity index (χ0n) is 16.1. The van der Waals surface area contributed by atoms with E-state index < -0.39 is 22.8 Å². The summed E-state index contributed by atoms with van der Waals surface area (Å²) in [6.45, 7) is 13.1. The van der Waals surface area contributed by atoms with Crippen molar-refractivity contribution < 1.29 is 19.4 Å². The molecule has 0 amide bonds. The molecule has 0 aliphatic rings. The Morgan fingerprint density at radius 1 is 1.04 bits per heavy atom. The van der Waals surface area contributed by atoms with Crippen molar-refractivity contribution in [2.45, 2.75) is 93.1 Å². The number of carbonyl (C=O) groups excluding carboxylic acids is 1. The molecule has 0 aromatic heterocycles. The highest BCUT2D eigenvalue weighted by Crippen LogP contribution is 2.46. The molecule has 4 heteroatoms. The van der Waals surface area contributed by atoms with Gasteiger partial charge in [-0.1, -0.05) is 67.7 Å². The number of ether oxygens (including phenoxy) is 1. The van der Waals surface area contributed by atoms with E-state index in [0.29, 0.717) is 0 Å². The van der Waals surface area contributed by atoms with Gasteiger partial charge >= 0.3 is 11.9 Å². The lowest BCUT2D eigenvalue weighted by Gasteiger charge is -2.42. The van der Waals surface area contributed by atoms with Crippen LogP contribution >= 0.6 is 0 Å². The number of carbonyl (C=O) groups is 2. The van der Waals surface area contributed by atoms with Gasteiger partial charge in [-0.25, -0.2) is 0 Å². The summed E-state index contributed by atoms with van der Waals surface area (Å²) in [5, 5.41) is 9.83. The Bertz CT molecular complexity index is 381. The average Bonchev–Trinajstić information content (AvgIpc) is 2.40. The van der Waals surface area contributed by atoms with Crippen LogP contribution in [0.5, 0.6) is 0 Å². The van der Waals surface area contributed by atoms with Crippen LogP contribution in [0.25, 0.3) is 0 Å². The number of unbranched alkanes of at least 4 members (excludes halogenated alkanes) is 3. The van der Waals surface area contributed by atoms with Crippen molar-refractivity contribution in [1.29, 1.82) is 0 Å². The van der Waals surface area contributed by atoms with Gasteiger partial charge in [0, 0.05) is 0 Å². The smallest absolute Gasteiger partial charge is 0.324 e. The highest BCUT2D eigenvalue weighted by Gasteiger charge is 2.59. The molecule has 0 fully saturated rings. The van der Waals surface area contributed by atoms with Gasteiger partial charge in [-0.05, 0) is 30.6 Å². The Morgan fingerprint density at radius 3 is 1.96 bits per heavy atom. The fourth-order valence-corrected chi connectivity index (χ4v) is 3.45. The molecule has 0 aromatic carbocycles. The Hall–Kier alpha value is -1.06. The number of carboxylic acid groups (broad SMARTS) is 1. The van der Waals surface area contributed by atoms with E-state index in [1.165, 1.54) is 6.42 Å². The first-order chi connectivity index (χ1) is 10.5.